The Bertz CT molecular complexity index is 714. The van der Waals surface area contributed by atoms with E-state index in [-0.39, 0.29) is 17.9 Å². The van der Waals surface area contributed by atoms with Crippen molar-refractivity contribution in [1.29, 1.82) is 0 Å². The number of benzene rings is 1. The average Bonchev–Trinajstić information content (AvgIpc) is 3.26. The van der Waals surface area contributed by atoms with E-state index in [2.05, 4.69) is 37.2 Å². The second-order valence-corrected chi connectivity index (χ2v) is 6.84. The summed E-state index contributed by atoms with van der Waals surface area (Å²) in [6, 6.07) is 8.41. The summed E-state index contributed by atoms with van der Waals surface area (Å²) < 4.78 is 5.54. The molecule has 3 rings (SSSR count). The Morgan fingerprint density at radius 1 is 1.30 bits per heavy atom. The number of carbonyl (C=O) groups is 1. The van der Waals surface area contributed by atoms with Gasteiger partial charge in [0, 0.05) is 23.6 Å². The van der Waals surface area contributed by atoms with Crippen LogP contribution < -0.4 is 0 Å². The molecule has 0 aliphatic heterocycles. The van der Waals surface area contributed by atoms with E-state index >= 15 is 0 Å². The SMILES string of the molecule is Cc1ccc(C)c(-c2cc(CN(C(=O)C3CC3)C(C)C)no2)c1. The lowest BCUT2D eigenvalue weighted by molar-refractivity contribution is -0.135. The van der Waals surface area contributed by atoms with Gasteiger partial charge in [0.1, 0.15) is 5.69 Å². The summed E-state index contributed by atoms with van der Waals surface area (Å²) in [6.07, 6.45) is 2.04. The number of carbonyl (C=O) groups excluding carboxylic acids is 1. The van der Waals surface area contributed by atoms with Crippen LogP contribution in [0.25, 0.3) is 11.3 Å². The lowest BCUT2D eigenvalue weighted by Gasteiger charge is -2.25. The number of hydrogen-bond donors (Lipinski definition) is 0. The molecule has 0 unspecified atom stereocenters. The maximum absolute atomic E-state index is 12.4. The highest BCUT2D eigenvalue weighted by Crippen LogP contribution is 2.32. The predicted octanol–water partition coefficient (Wildman–Crippen LogP) is 4.11. The van der Waals surface area contributed by atoms with Crippen molar-refractivity contribution < 1.29 is 9.32 Å². The first-order chi connectivity index (χ1) is 11.0. The molecule has 0 bridgehead atoms. The van der Waals surface area contributed by atoms with Gasteiger partial charge in [-0.1, -0.05) is 22.9 Å². The van der Waals surface area contributed by atoms with Crippen LogP contribution in [0.1, 0.15) is 43.5 Å². The third kappa shape index (κ3) is 3.46. The lowest BCUT2D eigenvalue weighted by Crippen LogP contribution is -2.37. The fourth-order valence-electron chi connectivity index (χ4n) is 2.77. The van der Waals surface area contributed by atoms with Crippen molar-refractivity contribution >= 4 is 5.91 Å². The highest BCUT2D eigenvalue weighted by Gasteiger charge is 2.34. The molecule has 1 aliphatic rings. The maximum atomic E-state index is 12.4. The van der Waals surface area contributed by atoms with Crippen molar-refractivity contribution in [2.75, 3.05) is 0 Å². The van der Waals surface area contributed by atoms with Crippen LogP contribution in [-0.4, -0.2) is 22.0 Å². The third-order valence-corrected chi connectivity index (χ3v) is 4.38. The van der Waals surface area contributed by atoms with Crippen molar-refractivity contribution in [3.05, 3.63) is 41.1 Å². The largest absolute Gasteiger partial charge is 0.356 e. The fourth-order valence-corrected chi connectivity index (χ4v) is 2.77. The fraction of sp³-hybridized carbons (Fsp3) is 0.474. The second kappa shape index (κ2) is 6.19. The zero-order valence-electron chi connectivity index (χ0n) is 14.3. The first-order valence-corrected chi connectivity index (χ1v) is 8.29. The molecule has 0 spiro atoms. The second-order valence-electron chi connectivity index (χ2n) is 6.84. The smallest absolute Gasteiger partial charge is 0.226 e. The molecule has 1 saturated carbocycles. The molecule has 0 N–H and O–H groups in total. The molecule has 1 fully saturated rings. The van der Waals surface area contributed by atoms with E-state index in [1.165, 1.54) is 5.56 Å². The Labute approximate surface area is 137 Å². The van der Waals surface area contributed by atoms with Crippen LogP contribution in [0.3, 0.4) is 0 Å². The summed E-state index contributed by atoms with van der Waals surface area (Å²) in [5.41, 5.74) is 4.22. The van der Waals surface area contributed by atoms with Gasteiger partial charge in [-0.15, -0.1) is 0 Å². The van der Waals surface area contributed by atoms with Crippen LogP contribution in [0.4, 0.5) is 0 Å². The quantitative estimate of drug-likeness (QED) is 0.835. The van der Waals surface area contributed by atoms with E-state index < -0.39 is 0 Å². The van der Waals surface area contributed by atoms with E-state index in [1.807, 2.05) is 24.8 Å². The molecule has 1 aromatic carbocycles. The van der Waals surface area contributed by atoms with Gasteiger partial charge in [-0.3, -0.25) is 4.79 Å². The van der Waals surface area contributed by atoms with Gasteiger partial charge in [-0.05, 0) is 52.2 Å². The van der Waals surface area contributed by atoms with Gasteiger partial charge in [0.25, 0.3) is 0 Å². The number of aromatic nitrogens is 1. The van der Waals surface area contributed by atoms with Gasteiger partial charge in [-0.2, -0.15) is 0 Å². The Hall–Kier alpha value is -2.10. The molecule has 1 aliphatic carbocycles. The topological polar surface area (TPSA) is 46.3 Å². The number of rotatable bonds is 5. The molecule has 0 saturated heterocycles. The summed E-state index contributed by atoms with van der Waals surface area (Å²) >= 11 is 0. The minimum absolute atomic E-state index is 0.170. The van der Waals surface area contributed by atoms with E-state index in [4.69, 9.17) is 4.52 Å². The number of hydrogen-bond acceptors (Lipinski definition) is 3. The minimum Gasteiger partial charge on any atom is -0.356 e. The molecule has 2 aromatic rings. The summed E-state index contributed by atoms with van der Waals surface area (Å²) in [5, 5.41) is 4.18. The lowest BCUT2D eigenvalue weighted by atomic mass is 10.0. The molecular formula is C19H24N2O2. The highest BCUT2D eigenvalue weighted by molar-refractivity contribution is 5.81. The molecule has 4 nitrogen and oxygen atoms in total. The van der Waals surface area contributed by atoms with Gasteiger partial charge in [-0.25, -0.2) is 0 Å². The van der Waals surface area contributed by atoms with Crippen molar-refractivity contribution in [2.45, 2.75) is 53.1 Å². The number of nitrogens with zero attached hydrogens (tertiary/aromatic N) is 2. The molecule has 1 aromatic heterocycles. The Kier molecular flexibility index (Phi) is 4.24. The monoisotopic (exact) mass is 312 g/mol. The zero-order valence-corrected chi connectivity index (χ0v) is 14.3. The van der Waals surface area contributed by atoms with Crippen LogP contribution in [-0.2, 0) is 11.3 Å². The van der Waals surface area contributed by atoms with E-state index in [9.17, 15) is 4.79 Å². The van der Waals surface area contributed by atoms with Crippen LogP contribution in [0.15, 0.2) is 28.8 Å². The summed E-state index contributed by atoms with van der Waals surface area (Å²) in [6.45, 7) is 8.74. The molecular weight excluding hydrogens is 288 g/mol. The number of aryl methyl sites for hydroxylation is 2. The van der Waals surface area contributed by atoms with E-state index in [0.717, 1.165) is 35.4 Å². The van der Waals surface area contributed by atoms with Crippen LogP contribution >= 0.6 is 0 Å². The molecule has 4 heteroatoms. The Morgan fingerprint density at radius 2 is 2.04 bits per heavy atom. The van der Waals surface area contributed by atoms with Crippen molar-refractivity contribution in [2.24, 2.45) is 5.92 Å². The van der Waals surface area contributed by atoms with Crippen molar-refractivity contribution in [3.63, 3.8) is 0 Å². The van der Waals surface area contributed by atoms with Crippen LogP contribution in [0.5, 0.6) is 0 Å². The summed E-state index contributed by atoms with van der Waals surface area (Å²) in [5.74, 6) is 1.24. The van der Waals surface area contributed by atoms with Gasteiger partial charge >= 0.3 is 0 Å². The first-order valence-electron chi connectivity index (χ1n) is 8.29. The molecule has 1 amide bonds. The van der Waals surface area contributed by atoms with Crippen LogP contribution in [0, 0.1) is 19.8 Å². The summed E-state index contributed by atoms with van der Waals surface area (Å²) in [7, 11) is 0. The molecule has 1 heterocycles. The van der Waals surface area contributed by atoms with Crippen molar-refractivity contribution in [1.82, 2.24) is 10.1 Å². The van der Waals surface area contributed by atoms with Gasteiger partial charge in [0.2, 0.25) is 5.91 Å². The van der Waals surface area contributed by atoms with E-state index in [1.54, 1.807) is 0 Å². The van der Waals surface area contributed by atoms with Gasteiger partial charge in [0.05, 0.1) is 6.54 Å². The van der Waals surface area contributed by atoms with Crippen LogP contribution in [0.2, 0.25) is 0 Å². The molecule has 122 valence electrons. The average molecular weight is 312 g/mol. The summed E-state index contributed by atoms with van der Waals surface area (Å²) in [4.78, 5) is 14.3. The maximum Gasteiger partial charge on any atom is 0.226 e. The Balaban J connectivity index is 1.80. The first kappa shape index (κ1) is 15.8. The Morgan fingerprint density at radius 3 is 2.70 bits per heavy atom. The minimum atomic E-state index is 0.170. The highest BCUT2D eigenvalue weighted by atomic mass is 16.5. The standard InChI is InChI=1S/C19H24N2O2/c1-12(2)21(19(22)15-7-8-15)11-16-10-18(23-20-16)17-9-13(3)5-6-14(17)4/h5-6,9-10,12,15H,7-8,11H2,1-4H3. The predicted molar refractivity (Wildman–Crippen MR) is 89.8 cm³/mol. The molecule has 0 atom stereocenters. The molecule has 23 heavy (non-hydrogen) atoms. The zero-order chi connectivity index (χ0) is 16.6. The normalized spacial score (nSPS) is 14.3. The molecule has 0 radical (unpaired) electrons. The van der Waals surface area contributed by atoms with Gasteiger partial charge < -0.3 is 9.42 Å². The third-order valence-electron chi connectivity index (χ3n) is 4.38. The van der Waals surface area contributed by atoms with Gasteiger partial charge in [0.15, 0.2) is 5.76 Å². The van der Waals surface area contributed by atoms with Crippen molar-refractivity contribution in [3.8, 4) is 11.3 Å². The van der Waals surface area contributed by atoms with E-state index in [0.29, 0.717) is 6.54 Å². The number of amides is 1.